The first-order chi connectivity index (χ1) is 7.99. The van der Waals surface area contributed by atoms with Crippen LogP contribution in [0.4, 0.5) is 0 Å². The first-order valence-electron chi connectivity index (χ1n) is 5.15. The Hall–Kier alpha value is -1.49. The third kappa shape index (κ3) is 4.91. The molecule has 4 nitrogen and oxygen atoms in total. The zero-order valence-corrected chi connectivity index (χ0v) is 10.3. The van der Waals surface area contributed by atoms with E-state index in [2.05, 4.69) is 0 Å². The Bertz CT molecular complexity index is 454. The number of carboxylic acids is 1. The predicted molar refractivity (Wildman–Crippen MR) is 65.4 cm³/mol. The highest BCUT2D eigenvalue weighted by atomic mass is 32.2. The molecule has 0 bridgehead atoms. The van der Waals surface area contributed by atoms with Crippen LogP contribution in [0.3, 0.4) is 0 Å². The average Bonchev–Trinajstić information content (AvgIpc) is 2.26. The molecule has 0 aliphatic carbocycles. The fraction of sp³-hybridized carbons (Fsp3) is 0.333. The second-order valence-corrected chi connectivity index (χ2v) is 5.32. The molecule has 1 aromatic carbocycles. The molecule has 0 spiro atoms. The van der Waals surface area contributed by atoms with Crippen LogP contribution in [-0.4, -0.2) is 26.8 Å². The summed E-state index contributed by atoms with van der Waals surface area (Å²) in [6, 6.07) is 6.36. The van der Waals surface area contributed by atoms with Gasteiger partial charge in [0.1, 0.15) is 5.78 Å². The lowest BCUT2D eigenvalue weighted by Gasteiger charge is -2.02. The predicted octanol–water partition coefficient (Wildman–Crippen LogP) is 1.61. The quantitative estimate of drug-likeness (QED) is 0.837. The molecule has 0 fully saturated rings. The largest absolute Gasteiger partial charge is 0.478 e. The molecule has 0 radical (unpaired) electrons. The van der Waals surface area contributed by atoms with Crippen LogP contribution in [0.5, 0.6) is 0 Å². The van der Waals surface area contributed by atoms with Crippen LogP contribution in [0.25, 0.3) is 0 Å². The smallest absolute Gasteiger partial charge is 0.335 e. The van der Waals surface area contributed by atoms with Crippen molar-refractivity contribution in [3.63, 3.8) is 0 Å². The molecule has 92 valence electrons. The molecule has 0 aliphatic rings. The van der Waals surface area contributed by atoms with E-state index in [1.165, 1.54) is 19.1 Å². The number of Topliss-reactive ketones (excluding diaryl/α,β-unsaturated/α-hetero) is 1. The summed E-state index contributed by atoms with van der Waals surface area (Å²) >= 11 is 0. The fourth-order valence-corrected chi connectivity index (χ4v) is 2.52. The van der Waals surface area contributed by atoms with E-state index in [-0.39, 0.29) is 17.1 Å². The second-order valence-electron chi connectivity index (χ2n) is 3.75. The van der Waals surface area contributed by atoms with E-state index < -0.39 is 16.8 Å². The topological polar surface area (TPSA) is 71.4 Å². The minimum atomic E-state index is -1.13. The maximum absolute atomic E-state index is 11.6. The van der Waals surface area contributed by atoms with Gasteiger partial charge in [-0.1, -0.05) is 12.1 Å². The van der Waals surface area contributed by atoms with Gasteiger partial charge in [-0.05, 0) is 24.6 Å². The van der Waals surface area contributed by atoms with Crippen molar-refractivity contribution in [3.8, 4) is 0 Å². The van der Waals surface area contributed by atoms with Gasteiger partial charge >= 0.3 is 5.97 Å². The first kappa shape index (κ1) is 13.6. The molecular weight excluding hydrogens is 240 g/mol. The van der Waals surface area contributed by atoms with E-state index in [1.807, 2.05) is 0 Å². The van der Waals surface area contributed by atoms with Gasteiger partial charge in [-0.3, -0.25) is 9.00 Å². The zero-order valence-electron chi connectivity index (χ0n) is 9.51. The number of carbonyl (C=O) groups excluding carboxylic acids is 1. The number of rotatable bonds is 6. The van der Waals surface area contributed by atoms with Gasteiger partial charge in [-0.25, -0.2) is 4.79 Å². The lowest BCUT2D eigenvalue weighted by atomic mass is 10.1. The highest BCUT2D eigenvalue weighted by Gasteiger charge is 2.07. The molecule has 0 saturated heterocycles. The minimum absolute atomic E-state index is 0.0117. The Labute approximate surface area is 102 Å². The fourth-order valence-electron chi connectivity index (χ4n) is 1.31. The summed E-state index contributed by atoms with van der Waals surface area (Å²) in [5, 5.41) is 8.80. The first-order valence-corrected chi connectivity index (χ1v) is 6.64. The molecule has 0 heterocycles. The Balaban J connectivity index is 2.62. The van der Waals surface area contributed by atoms with Gasteiger partial charge in [0.2, 0.25) is 0 Å². The van der Waals surface area contributed by atoms with Gasteiger partial charge in [0.25, 0.3) is 0 Å². The Kier molecular flexibility index (Phi) is 5.03. The number of benzene rings is 1. The van der Waals surface area contributed by atoms with Gasteiger partial charge in [-0.2, -0.15) is 0 Å². The monoisotopic (exact) mass is 254 g/mol. The van der Waals surface area contributed by atoms with E-state index in [9.17, 15) is 13.8 Å². The van der Waals surface area contributed by atoms with Gasteiger partial charge in [0.15, 0.2) is 0 Å². The van der Waals surface area contributed by atoms with Crippen molar-refractivity contribution in [2.75, 3.05) is 5.75 Å². The molecule has 1 rings (SSSR count). The van der Waals surface area contributed by atoms with E-state index in [0.717, 1.165) is 0 Å². The van der Waals surface area contributed by atoms with Crippen molar-refractivity contribution in [2.45, 2.75) is 19.1 Å². The number of aromatic carboxylic acids is 1. The van der Waals surface area contributed by atoms with Gasteiger partial charge in [0, 0.05) is 28.7 Å². The van der Waals surface area contributed by atoms with E-state index in [1.54, 1.807) is 12.1 Å². The Morgan fingerprint density at radius 3 is 2.65 bits per heavy atom. The van der Waals surface area contributed by atoms with Crippen LogP contribution < -0.4 is 0 Å². The minimum Gasteiger partial charge on any atom is -0.478 e. The molecule has 17 heavy (non-hydrogen) atoms. The number of carboxylic acid groups (broad SMARTS) is 1. The third-order valence-corrected chi connectivity index (χ3v) is 3.50. The molecule has 1 atom stereocenters. The summed E-state index contributed by atoms with van der Waals surface area (Å²) in [6.07, 6.45) is 0.297. The van der Waals surface area contributed by atoms with Gasteiger partial charge < -0.3 is 5.11 Å². The third-order valence-electron chi connectivity index (χ3n) is 2.18. The van der Waals surface area contributed by atoms with Crippen LogP contribution in [0, 0.1) is 0 Å². The average molecular weight is 254 g/mol. The van der Waals surface area contributed by atoms with Crippen LogP contribution >= 0.6 is 0 Å². The number of hydrogen-bond donors (Lipinski definition) is 1. The Morgan fingerprint density at radius 2 is 2.06 bits per heavy atom. The lowest BCUT2D eigenvalue weighted by molar-refractivity contribution is -0.116. The number of ketones is 1. The van der Waals surface area contributed by atoms with E-state index >= 15 is 0 Å². The van der Waals surface area contributed by atoms with Crippen molar-refractivity contribution in [2.24, 2.45) is 0 Å². The molecule has 0 aromatic heterocycles. The zero-order chi connectivity index (χ0) is 12.8. The summed E-state index contributed by atoms with van der Waals surface area (Å²) in [5.74, 6) is -0.375. The van der Waals surface area contributed by atoms with Crippen molar-refractivity contribution >= 4 is 22.6 Å². The molecule has 5 heteroatoms. The molecule has 1 N–H and O–H groups in total. The SMILES string of the molecule is CC(=O)CCS(=O)Cc1cccc(C(=O)O)c1. The Morgan fingerprint density at radius 1 is 1.35 bits per heavy atom. The van der Waals surface area contributed by atoms with Crippen LogP contribution in [0.15, 0.2) is 24.3 Å². The molecular formula is C12H14O4S. The summed E-state index contributed by atoms with van der Waals surface area (Å²) in [7, 11) is -1.13. The maximum atomic E-state index is 11.6. The van der Waals surface area contributed by atoms with E-state index in [4.69, 9.17) is 5.11 Å². The highest BCUT2D eigenvalue weighted by molar-refractivity contribution is 7.84. The molecule has 1 aromatic rings. The molecule has 0 saturated carbocycles. The molecule has 0 aliphatic heterocycles. The van der Waals surface area contributed by atoms with Gasteiger partial charge in [0.05, 0.1) is 5.56 Å². The van der Waals surface area contributed by atoms with Crippen molar-refractivity contribution in [1.82, 2.24) is 0 Å². The summed E-state index contributed by atoms with van der Waals surface area (Å²) in [4.78, 5) is 21.5. The van der Waals surface area contributed by atoms with Crippen LogP contribution in [0.1, 0.15) is 29.3 Å². The maximum Gasteiger partial charge on any atom is 0.335 e. The normalized spacial score (nSPS) is 12.1. The van der Waals surface area contributed by atoms with E-state index in [0.29, 0.717) is 17.7 Å². The lowest BCUT2D eigenvalue weighted by Crippen LogP contribution is -2.05. The summed E-state index contributed by atoms with van der Waals surface area (Å²) in [6.45, 7) is 1.46. The molecule has 1 unspecified atom stereocenters. The van der Waals surface area contributed by atoms with Crippen LogP contribution in [-0.2, 0) is 21.3 Å². The number of carbonyl (C=O) groups is 2. The van der Waals surface area contributed by atoms with Crippen LogP contribution in [0.2, 0.25) is 0 Å². The van der Waals surface area contributed by atoms with Crippen molar-refractivity contribution < 1.29 is 18.9 Å². The van der Waals surface area contributed by atoms with Gasteiger partial charge in [-0.15, -0.1) is 0 Å². The molecule has 0 amide bonds. The van der Waals surface area contributed by atoms with Crippen molar-refractivity contribution in [3.05, 3.63) is 35.4 Å². The number of hydrogen-bond acceptors (Lipinski definition) is 3. The summed E-state index contributed by atoms with van der Waals surface area (Å²) < 4.78 is 11.6. The standard InChI is InChI=1S/C12H14O4S/c1-9(13)5-6-17(16)8-10-3-2-4-11(7-10)12(14)15/h2-4,7H,5-6,8H2,1H3,(H,14,15). The van der Waals surface area contributed by atoms with Crippen molar-refractivity contribution in [1.29, 1.82) is 0 Å². The summed E-state index contributed by atoms with van der Waals surface area (Å²) in [5.41, 5.74) is 0.901. The second kappa shape index (κ2) is 6.30. The highest BCUT2D eigenvalue weighted by Crippen LogP contribution is 2.08.